The summed E-state index contributed by atoms with van der Waals surface area (Å²) >= 11 is 0. The zero-order chi connectivity index (χ0) is 22.6. The number of methoxy groups -OCH3 is 1. The van der Waals surface area contributed by atoms with Crippen LogP contribution < -0.4 is 19.6 Å². The van der Waals surface area contributed by atoms with Gasteiger partial charge in [0.15, 0.2) is 11.5 Å². The Morgan fingerprint density at radius 3 is 2.00 bits per heavy atom. The van der Waals surface area contributed by atoms with Crippen molar-refractivity contribution in [2.24, 2.45) is 0 Å². The molecule has 0 spiro atoms. The molecule has 5 aromatic rings. The Hall–Kier alpha value is -4.45. The standard InChI is InChI=1S/C27H18O6/c1-30-18-12-20(28)25-24(13-18)31-21-15-23-22(14-19(21)26(25)29)32-27(33-23,16-8-4-2-5-9-16)17-10-6-3-7-11-17/h2-15,28H,1H3. The maximum Gasteiger partial charge on any atom is 0.305 e. The predicted molar refractivity (Wildman–Crippen MR) is 123 cm³/mol. The first-order valence-corrected chi connectivity index (χ1v) is 10.4. The number of rotatable bonds is 3. The van der Waals surface area contributed by atoms with Crippen LogP contribution in [0.25, 0.3) is 21.9 Å². The number of ether oxygens (including phenoxy) is 3. The van der Waals surface area contributed by atoms with E-state index in [0.29, 0.717) is 22.8 Å². The van der Waals surface area contributed by atoms with E-state index in [0.717, 1.165) is 11.1 Å². The highest BCUT2D eigenvalue weighted by Gasteiger charge is 2.45. The lowest BCUT2D eigenvalue weighted by atomic mass is 9.97. The minimum Gasteiger partial charge on any atom is -0.507 e. The topological polar surface area (TPSA) is 78.1 Å². The average molecular weight is 438 g/mol. The van der Waals surface area contributed by atoms with Crippen LogP contribution >= 0.6 is 0 Å². The van der Waals surface area contributed by atoms with E-state index in [1.807, 2.05) is 60.7 Å². The van der Waals surface area contributed by atoms with Gasteiger partial charge in [-0.2, -0.15) is 0 Å². The Kier molecular flexibility index (Phi) is 4.10. The first-order valence-electron chi connectivity index (χ1n) is 10.4. The predicted octanol–water partition coefficient (Wildman–Crippen LogP) is 5.33. The van der Waals surface area contributed by atoms with E-state index in [9.17, 15) is 9.90 Å². The fourth-order valence-corrected chi connectivity index (χ4v) is 4.27. The molecule has 33 heavy (non-hydrogen) atoms. The largest absolute Gasteiger partial charge is 0.507 e. The Balaban J connectivity index is 1.58. The van der Waals surface area contributed by atoms with Gasteiger partial charge in [0.2, 0.25) is 5.43 Å². The van der Waals surface area contributed by atoms with Gasteiger partial charge in [-0.1, -0.05) is 60.7 Å². The number of phenols is 1. The average Bonchev–Trinajstić information content (AvgIpc) is 3.23. The zero-order valence-corrected chi connectivity index (χ0v) is 17.6. The van der Waals surface area contributed by atoms with Gasteiger partial charge in [-0.05, 0) is 6.07 Å². The van der Waals surface area contributed by atoms with Gasteiger partial charge >= 0.3 is 5.79 Å². The molecule has 0 saturated carbocycles. The summed E-state index contributed by atoms with van der Waals surface area (Å²) in [6.45, 7) is 0. The molecule has 0 saturated heterocycles. The normalized spacial score (nSPS) is 14.0. The first kappa shape index (κ1) is 19.3. The van der Waals surface area contributed by atoms with E-state index in [4.69, 9.17) is 18.6 Å². The maximum absolute atomic E-state index is 13.3. The summed E-state index contributed by atoms with van der Waals surface area (Å²) in [6, 6.07) is 25.4. The molecule has 4 aromatic carbocycles. The monoisotopic (exact) mass is 438 g/mol. The molecule has 2 heterocycles. The fourth-order valence-electron chi connectivity index (χ4n) is 4.27. The Bertz CT molecular complexity index is 1530. The van der Waals surface area contributed by atoms with Gasteiger partial charge < -0.3 is 23.7 Å². The van der Waals surface area contributed by atoms with Crippen molar-refractivity contribution in [3.8, 4) is 23.0 Å². The quantitative estimate of drug-likeness (QED) is 0.384. The van der Waals surface area contributed by atoms with Crippen molar-refractivity contribution >= 4 is 21.9 Å². The van der Waals surface area contributed by atoms with Gasteiger partial charge in [-0.3, -0.25) is 4.79 Å². The maximum atomic E-state index is 13.3. The summed E-state index contributed by atoms with van der Waals surface area (Å²) in [5.41, 5.74) is 1.79. The van der Waals surface area contributed by atoms with E-state index >= 15 is 0 Å². The molecule has 1 aliphatic heterocycles. The molecule has 6 nitrogen and oxygen atoms in total. The number of hydrogen-bond donors (Lipinski definition) is 1. The van der Waals surface area contributed by atoms with Crippen molar-refractivity contribution in [1.29, 1.82) is 0 Å². The molecule has 162 valence electrons. The summed E-state index contributed by atoms with van der Waals surface area (Å²) in [5, 5.41) is 10.8. The highest BCUT2D eigenvalue weighted by molar-refractivity contribution is 5.95. The van der Waals surface area contributed by atoms with Crippen LogP contribution in [-0.2, 0) is 5.79 Å². The Labute approximate surface area is 188 Å². The summed E-state index contributed by atoms with van der Waals surface area (Å²) in [6.07, 6.45) is 0. The number of aromatic hydroxyl groups is 1. The molecule has 6 heteroatoms. The number of benzene rings is 4. The molecule has 0 fully saturated rings. The van der Waals surface area contributed by atoms with Gasteiger partial charge in [-0.25, -0.2) is 0 Å². The van der Waals surface area contributed by atoms with E-state index in [1.165, 1.54) is 13.2 Å². The molecule has 6 rings (SSSR count). The van der Waals surface area contributed by atoms with Crippen LogP contribution in [0.15, 0.2) is 94.1 Å². The molecule has 1 aliphatic rings. The van der Waals surface area contributed by atoms with E-state index in [1.54, 1.807) is 18.2 Å². The molecule has 0 bridgehead atoms. The first-order chi connectivity index (χ1) is 16.1. The Morgan fingerprint density at radius 1 is 0.788 bits per heavy atom. The zero-order valence-electron chi connectivity index (χ0n) is 17.6. The third-order valence-corrected chi connectivity index (χ3v) is 5.84. The van der Waals surface area contributed by atoms with Crippen LogP contribution in [-0.4, -0.2) is 12.2 Å². The molecule has 0 aliphatic carbocycles. The molecular formula is C27H18O6. The van der Waals surface area contributed by atoms with Gasteiger partial charge in [0.05, 0.1) is 12.5 Å². The van der Waals surface area contributed by atoms with Crippen LogP contribution in [0.3, 0.4) is 0 Å². The smallest absolute Gasteiger partial charge is 0.305 e. The second kappa shape index (κ2) is 7.03. The van der Waals surface area contributed by atoms with Gasteiger partial charge in [0.25, 0.3) is 0 Å². The van der Waals surface area contributed by atoms with Crippen molar-refractivity contribution in [2.75, 3.05) is 7.11 Å². The van der Waals surface area contributed by atoms with Crippen LogP contribution in [0.1, 0.15) is 11.1 Å². The molecule has 1 N–H and O–H groups in total. The van der Waals surface area contributed by atoms with Gasteiger partial charge in [-0.15, -0.1) is 0 Å². The third-order valence-electron chi connectivity index (χ3n) is 5.84. The van der Waals surface area contributed by atoms with Crippen LogP contribution in [0.2, 0.25) is 0 Å². The number of fused-ring (bicyclic) bond motifs is 3. The summed E-state index contributed by atoms with van der Waals surface area (Å²) in [5.74, 6) is -0.175. The van der Waals surface area contributed by atoms with Gasteiger partial charge in [0.1, 0.15) is 28.1 Å². The third kappa shape index (κ3) is 2.84. The van der Waals surface area contributed by atoms with Crippen molar-refractivity contribution < 1.29 is 23.7 Å². The molecule has 0 radical (unpaired) electrons. The second-order valence-corrected chi connectivity index (χ2v) is 7.80. The van der Waals surface area contributed by atoms with Crippen molar-refractivity contribution in [1.82, 2.24) is 0 Å². The Morgan fingerprint density at radius 2 is 1.39 bits per heavy atom. The second-order valence-electron chi connectivity index (χ2n) is 7.80. The van der Waals surface area contributed by atoms with Gasteiger partial charge in [0, 0.05) is 29.3 Å². The molecule has 0 atom stereocenters. The highest BCUT2D eigenvalue weighted by atomic mass is 16.7. The van der Waals surface area contributed by atoms with Crippen molar-refractivity contribution in [3.63, 3.8) is 0 Å². The number of phenolic OH excluding ortho intramolecular Hbond substituents is 1. The summed E-state index contributed by atoms with van der Waals surface area (Å²) in [7, 11) is 1.48. The molecule has 0 amide bonds. The SMILES string of the molecule is COc1cc(O)c2c(=O)c3cc4c(cc3oc2c1)OC(c1ccccc1)(c1ccccc1)O4. The van der Waals surface area contributed by atoms with Crippen molar-refractivity contribution in [2.45, 2.75) is 5.79 Å². The minimum atomic E-state index is -1.21. The summed E-state index contributed by atoms with van der Waals surface area (Å²) in [4.78, 5) is 13.3. The lowest BCUT2D eigenvalue weighted by molar-refractivity contribution is -0.0458. The van der Waals surface area contributed by atoms with Crippen LogP contribution in [0.4, 0.5) is 0 Å². The lowest BCUT2D eigenvalue weighted by Crippen LogP contribution is -2.36. The van der Waals surface area contributed by atoms with Crippen LogP contribution in [0.5, 0.6) is 23.0 Å². The summed E-state index contributed by atoms with van der Waals surface area (Å²) < 4.78 is 24.0. The molecule has 0 unspecified atom stereocenters. The molecule has 1 aromatic heterocycles. The highest BCUT2D eigenvalue weighted by Crippen LogP contribution is 2.49. The van der Waals surface area contributed by atoms with E-state index < -0.39 is 5.79 Å². The van der Waals surface area contributed by atoms with Crippen molar-refractivity contribution in [3.05, 3.63) is 106 Å². The fraction of sp³-hybridized carbons (Fsp3) is 0.0741. The van der Waals surface area contributed by atoms with E-state index in [-0.39, 0.29) is 27.5 Å². The minimum absolute atomic E-state index is 0.0829. The van der Waals surface area contributed by atoms with E-state index in [2.05, 4.69) is 0 Å². The lowest BCUT2D eigenvalue weighted by Gasteiger charge is -2.28. The number of hydrogen-bond acceptors (Lipinski definition) is 6. The van der Waals surface area contributed by atoms with Crippen LogP contribution in [0, 0.1) is 0 Å². The molecular weight excluding hydrogens is 420 g/mol.